The fraction of sp³-hybridized carbons (Fsp3) is 0.231. The van der Waals surface area contributed by atoms with E-state index in [0.29, 0.717) is 4.88 Å². The zero-order valence-electron chi connectivity index (χ0n) is 14.0. The average molecular weight is 420 g/mol. The zero-order chi connectivity index (χ0) is 19.6. The maximum absolute atomic E-state index is 12.2. The Labute approximate surface area is 159 Å². The maximum Gasteiger partial charge on any atom is 0.243 e. The lowest BCUT2D eigenvalue weighted by Crippen LogP contribution is -2.16. The lowest BCUT2D eigenvalue weighted by molar-refractivity contribution is 0.319. The third-order valence-electron chi connectivity index (χ3n) is 3.19. The number of nitrogens with two attached hydrogens (primary N) is 3. The van der Waals surface area contributed by atoms with Crippen LogP contribution in [0, 0.1) is 0 Å². The first-order valence-corrected chi connectivity index (χ1v) is 9.60. The molecule has 0 atom stereocenters. The third-order valence-corrected chi connectivity index (χ3v) is 5.52. The van der Waals surface area contributed by atoms with E-state index in [2.05, 4.69) is 10.3 Å². The summed E-state index contributed by atoms with van der Waals surface area (Å²) in [5.74, 6) is 0.302. The number of primary sulfonamides is 1. The second-order valence-electron chi connectivity index (χ2n) is 4.79. The van der Waals surface area contributed by atoms with E-state index in [1.807, 2.05) is 0 Å². The monoisotopic (exact) mass is 419 g/mol. The fourth-order valence-electron chi connectivity index (χ4n) is 2.18. The summed E-state index contributed by atoms with van der Waals surface area (Å²) in [4.78, 5) is 4.21. The molecule has 1 aromatic heterocycles. The Hall–Kier alpha value is -2.35. The van der Waals surface area contributed by atoms with Gasteiger partial charge in [-0.05, 0) is 0 Å². The van der Waals surface area contributed by atoms with E-state index < -0.39 is 10.0 Å². The van der Waals surface area contributed by atoms with E-state index in [0.717, 1.165) is 11.3 Å². The summed E-state index contributed by atoms with van der Waals surface area (Å²) in [7, 11) is -0.185. The Kier molecular flexibility index (Phi) is 5.75. The number of sulfonamides is 1. The molecule has 1 heterocycles. The quantitative estimate of drug-likeness (QED) is 0.471. The molecule has 2 rings (SSSR count). The van der Waals surface area contributed by atoms with Crippen LogP contribution in [0.1, 0.15) is 4.88 Å². The topological polar surface area (TPSA) is 165 Å². The molecular weight excluding hydrogens is 402 g/mol. The van der Waals surface area contributed by atoms with Gasteiger partial charge in [-0.15, -0.1) is 0 Å². The first-order valence-electron chi connectivity index (χ1n) is 6.82. The largest absolute Gasteiger partial charge is 0.493 e. The molecule has 0 aliphatic rings. The average Bonchev–Trinajstić information content (AvgIpc) is 2.92. The number of thiocarbonyl (C=S) groups is 1. The number of nitrogens with one attached hydrogen (secondary N) is 1. The standard InChI is InChI=1S/C13H17N5O5S3/c1-21-6-4-5(17-13-18-11(14)9(25-13)12(15)24)10(26(16,19)20)8(23-3)7(6)22-2/h4H,14H2,1-3H3,(H2,15,24)(H,17,18)(H2,16,19,20). The fourth-order valence-corrected chi connectivity index (χ4v) is 4.01. The number of hydrogen-bond donors (Lipinski definition) is 4. The lowest BCUT2D eigenvalue weighted by atomic mass is 10.2. The number of nitrogens with zero attached hydrogens (tertiary/aromatic N) is 1. The molecule has 0 fully saturated rings. The van der Waals surface area contributed by atoms with E-state index in [4.69, 9.17) is 43.0 Å². The van der Waals surface area contributed by atoms with E-state index in [-0.39, 0.29) is 43.8 Å². The van der Waals surface area contributed by atoms with Gasteiger partial charge in [-0.2, -0.15) is 0 Å². The number of benzene rings is 1. The number of nitrogen functional groups attached to an aromatic ring is 1. The molecule has 0 radical (unpaired) electrons. The van der Waals surface area contributed by atoms with Crippen LogP contribution in [0.15, 0.2) is 11.0 Å². The van der Waals surface area contributed by atoms with Gasteiger partial charge in [0.05, 0.1) is 27.0 Å². The summed E-state index contributed by atoms with van der Waals surface area (Å²) in [5, 5.41) is 8.45. The highest BCUT2D eigenvalue weighted by Crippen LogP contribution is 2.47. The lowest BCUT2D eigenvalue weighted by Gasteiger charge is -2.18. The van der Waals surface area contributed by atoms with E-state index in [1.54, 1.807) is 0 Å². The van der Waals surface area contributed by atoms with Crippen LogP contribution < -0.4 is 36.1 Å². The first-order chi connectivity index (χ1) is 12.1. The highest BCUT2D eigenvalue weighted by molar-refractivity contribution is 7.89. The van der Waals surface area contributed by atoms with Gasteiger partial charge >= 0.3 is 0 Å². The second kappa shape index (κ2) is 7.49. The van der Waals surface area contributed by atoms with E-state index in [1.165, 1.54) is 27.4 Å². The number of ether oxygens (including phenoxy) is 3. The van der Waals surface area contributed by atoms with Crippen LogP contribution in [0.2, 0.25) is 0 Å². The van der Waals surface area contributed by atoms with Crippen molar-refractivity contribution in [2.75, 3.05) is 32.4 Å². The Morgan fingerprint density at radius 2 is 1.85 bits per heavy atom. The Balaban J connectivity index is 2.71. The molecule has 0 saturated carbocycles. The minimum Gasteiger partial charge on any atom is -0.493 e. The molecule has 0 bridgehead atoms. The molecule has 10 nitrogen and oxygen atoms in total. The highest BCUT2D eigenvalue weighted by Gasteiger charge is 2.28. The van der Waals surface area contributed by atoms with Crippen molar-refractivity contribution < 1.29 is 22.6 Å². The molecule has 1 aromatic carbocycles. The predicted molar refractivity (Wildman–Crippen MR) is 103 cm³/mol. The maximum atomic E-state index is 12.2. The SMILES string of the molecule is COc1cc(Nc2nc(N)c(C(N)=S)s2)c(S(N)(=O)=O)c(OC)c1OC. The van der Waals surface area contributed by atoms with Gasteiger partial charge in [0.2, 0.25) is 15.8 Å². The number of thiazole rings is 1. The molecule has 7 N–H and O–H groups in total. The van der Waals surface area contributed by atoms with Crippen LogP contribution in [-0.4, -0.2) is 39.7 Å². The summed E-state index contributed by atoms with van der Waals surface area (Å²) in [6, 6.07) is 1.39. The number of hydrogen-bond acceptors (Lipinski definition) is 10. The van der Waals surface area contributed by atoms with Crippen molar-refractivity contribution in [3.63, 3.8) is 0 Å². The van der Waals surface area contributed by atoms with Crippen LogP contribution in [0.5, 0.6) is 17.2 Å². The summed E-state index contributed by atoms with van der Waals surface area (Å²) in [6.07, 6.45) is 0. The van der Waals surface area contributed by atoms with Crippen LogP contribution >= 0.6 is 23.6 Å². The van der Waals surface area contributed by atoms with Crippen molar-refractivity contribution in [3.05, 3.63) is 10.9 Å². The molecule has 0 saturated heterocycles. The van der Waals surface area contributed by atoms with Crippen molar-refractivity contribution in [1.29, 1.82) is 0 Å². The van der Waals surface area contributed by atoms with Gasteiger partial charge in [0.15, 0.2) is 21.5 Å². The third kappa shape index (κ3) is 3.75. The Bertz CT molecular complexity index is 958. The number of aromatic nitrogens is 1. The normalized spacial score (nSPS) is 11.1. The smallest absolute Gasteiger partial charge is 0.243 e. The van der Waals surface area contributed by atoms with Gasteiger partial charge in [-0.1, -0.05) is 23.6 Å². The van der Waals surface area contributed by atoms with E-state index in [9.17, 15) is 8.42 Å². The van der Waals surface area contributed by atoms with Gasteiger partial charge in [-0.25, -0.2) is 18.5 Å². The van der Waals surface area contributed by atoms with Gasteiger partial charge in [-0.3, -0.25) is 0 Å². The van der Waals surface area contributed by atoms with Crippen LogP contribution in [-0.2, 0) is 10.0 Å². The highest BCUT2D eigenvalue weighted by atomic mass is 32.2. The van der Waals surface area contributed by atoms with Gasteiger partial charge in [0, 0.05) is 6.07 Å². The Morgan fingerprint density at radius 1 is 1.23 bits per heavy atom. The Morgan fingerprint density at radius 3 is 2.27 bits per heavy atom. The molecule has 0 aliphatic heterocycles. The predicted octanol–water partition coefficient (Wildman–Crippen LogP) is 0.776. The molecule has 0 amide bonds. The van der Waals surface area contributed by atoms with Crippen molar-refractivity contribution in [2.24, 2.45) is 10.9 Å². The molecule has 0 spiro atoms. The molecule has 2 aromatic rings. The summed E-state index contributed by atoms with van der Waals surface area (Å²) < 4.78 is 39.9. The summed E-state index contributed by atoms with van der Waals surface area (Å²) >= 11 is 5.95. The summed E-state index contributed by atoms with van der Waals surface area (Å²) in [6.45, 7) is 0. The minimum atomic E-state index is -4.20. The van der Waals surface area contributed by atoms with Gasteiger partial charge in [0.1, 0.15) is 15.7 Å². The van der Waals surface area contributed by atoms with Crippen LogP contribution in [0.3, 0.4) is 0 Å². The molecule has 0 aliphatic carbocycles. The first kappa shape index (κ1) is 20.0. The zero-order valence-corrected chi connectivity index (χ0v) is 16.5. The minimum absolute atomic E-state index is 0.0604. The number of anilines is 3. The van der Waals surface area contributed by atoms with Crippen molar-refractivity contribution >= 4 is 55.2 Å². The molecular formula is C13H17N5O5S3. The van der Waals surface area contributed by atoms with Crippen LogP contribution in [0.25, 0.3) is 0 Å². The van der Waals surface area contributed by atoms with Crippen molar-refractivity contribution in [2.45, 2.75) is 4.90 Å². The van der Waals surface area contributed by atoms with Gasteiger partial charge in [0.25, 0.3) is 0 Å². The van der Waals surface area contributed by atoms with E-state index >= 15 is 0 Å². The van der Waals surface area contributed by atoms with Crippen LogP contribution in [0.4, 0.5) is 16.6 Å². The second-order valence-corrected chi connectivity index (χ2v) is 7.73. The number of rotatable bonds is 7. The number of methoxy groups -OCH3 is 3. The van der Waals surface area contributed by atoms with Crippen molar-refractivity contribution in [1.82, 2.24) is 4.98 Å². The molecule has 0 unspecified atom stereocenters. The molecule has 26 heavy (non-hydrogen) atoms. The van der Waals surface area contributed by atoms with Crippen molar-refractivity contribution in [3.8, 4) is 17.2 Å². The molecule has 142 valence electrons. The molecule has 13 heteroatoms. The van der Waals surface area contributed by atoms with Gasteiger partial charge < -0.3 is 31.0 Å². The summed E-state index contributed by atoms with van der Waals surface area (Å²) in [5.41, 5.74) is 11.4.